The van der Waals surface area contributed by atoms with Gasteiger partial charge in [0, 0.05) is 30.6 Å². The standard InChI is InChI=1S/C10H20N2O2S2/c1-9-8-15-6-5-12(9)16(13,14)10-3-2-4-11-7-10/h9-11H,2-8H2,1H3. The van der Waals surface area contributed by atoms with E-state index in [1.807, 2.05) is 18.7 Å². The lowest BCUT2D eigenvalue weighted by atomic mass is 10.2. The summed E-state index contributed by atoms with van der Waals surface area (Å²) >= 11 is 1.85. The van der Waals surface area contributed by atoms with Crippen molar-refractivity contribution in [3.05, 3.63) is 0 Å². The van der Waals surface area contributed by atoms with Gasteiger partial charge in [-0.1, -0.05) is 0 Å². The van der Waals surface area contributed by atoms with Crippen LogP contribution in [0.5, 0.6) is 0 Å². The summed E-state index contributed by atoms with van der Waals surface area (Å²) in [6, 6.07) is 0.158. The highest BCUT2D eigenvalue weighted by Crippen LogP contribution is 2.24. The summed E-state index contributed by atoms with van der Waals surface area (Å²) in [6.45, 7) is 4.28. The SMILES string of the molecule is CC1CSCCN1S(=O)(=O)C1CCCNC1. The van der Waals surface area contributed by atoms with Gasteiger partial charge in [0.2, 0.25) is 10.0 Å². The first-order valence-corrected chi connectivity index (χ1v) is 8.57. The smallest absolute Gasteiger partial charge is 0.218 e. The number of thioether (sulfide) groups is 1. The molecule has 0 saturated carbocycles. The Kier molecular flexibility index (Phi) is 4.15. The molecule has 0 amide bonds. The van der Waals surface area contributed by atoms with E-state index in [0.29, 0.717) is 13.1 Å². The van der Waals surface area contributed by atoms with Gasteiger partial charge in [0.15, 0.2) is 0 Å². The molecule has 2 aliphatic rings. The zero-order valence-electron chi connectivity index (χ0n) is 9.68. The lowest BCUT2D eigenvalue weighted by Gasteiger charge is -2.36. The van der Waals surface area contributed by atoms with Crippen molar-refractivity contribution < 1.29 is 8.42 Å². The monoisotopic (exact) mass is 264 g/mol. The Balaban J connectivity index is 2.10. The third-order valence-corrected chi connectivity index (χ3v) is 6.94. The Morgan fingerprint density at radius 2 is 2.25 bits per heavy atom. The Labute approximate surface area is 102 Å². The van der Waals surface area contributed by atoms with Gasteiger partial charge in [-0.3, -0.25) is 0 Å². The maximum Gasteiger partial charge on any atom is 0.218 e. The van der Waals surface area contributed by atoms with Gasteiger partial charge in [-0.2, -0.15) is 16.1 Å². The van der Waals surface area contributed by atoms with E-state index in [-0.39, 0.29) is 11.3 Å². The molecule has 2 heterocycles. The van der Waals surface area contributed by atoms with Crippen molar-refractivity contribution in [1.29, 1.82) is 0 Å². The van der Waals surface area contributed by atoms with Crippen molar-refractivity contribution in [2.24, 2.45) is 0 Å². The first-order chi connectivity index (χ1) is 7.62. The van der Waals surface area contributed by atoms with Crippen LogP contribution in [0.2, 0.25) is 0 Å². The predicted molar refractivity (Wildman–Crippen MR) is 68.3 cm³/mol. The predicted octanol–water partition coefficient (Wildman–Crippen LogP) is 0.506. The largest absolute Gasteiger partial charge is 0.315 e. The van der Waals surface area contributed by atoms with Gasteiger partial charge < -0.3 is 5.32 Å². The Hall–Kier alpha value is 0.220. The molecule has 0 aromatic heterocycles. The second-order valence-electron chi connectivity index (χ2n) is 4.55. The highest BCUT2D eigenvalue weighted by atomic mass is 32.2. The summed E-state index contributed by atoms with van der Waals surface area (Å²) in [5.41, 5.74) is 0. The molecule has 0 aliphatic carbocycles. The van der Waals surface area contributed by atoms with Crippen LogP contribution in [-0.2, 0) is 10.0 Å². The molecule has 2 fully saturated rings. The fourth-order valence-electron chi connectivity index (χ4n) is 2.36. The highest BCUT2D eigenvalue weighted by Gasteiger charge is 2.36. The van der Waals surface area contributed by atoms with E-state index in [1.165, 1.54) is 0 Å². The Bertz CT molecular complexity index is 326. The van der Waals surface area contributed by atoms with E-state index in [1.54, 1.807) is 4.31 Å². The number of sulfonamides is 1. The normalized spacial score (nSPS) is 33.8. The number of nitrogens with zero attached hydrogens (tertiary/aromatic N) is 1. The molecule has 0 bridgehead atoms. The van der Waals surface area contributed by atoms with Gasteiger partial charge >= 0.3 is 0 Å². The summed E-state index contributed by atoms with van der Waals surface area (Å²) in [7, 11) is -3.08. The van der Waals surface area contributed by atoms with Crippen LogP contribution in [0.15, 0.2) is 0 Å². The van der Waals surface area contributed by atoms with Gasteiger partial charge in [-0.25, -0.2) is 8.42 Å². The van der Waals surface area contributed by atoms with Crippen molar-refractivity contribution >= 4 is 21.8 Å². The number of hydrogen-bond acceptors (Lipinski definition) is 4. The van der Waals surface area contributed by atoms with Crippen LogP contribution in [0.4, 0.5) is 0 Å². The molecule has 0 spiro atoms. The molecule has 0 aromatic carbocycles. The van der Waals surface area contributed by atoms with Crippen LogP contribution in [0, 0.1) is 0 Å². The van der Waals surface area contributed by atoms with Crippen molar-refractivity contribution in [3.8, 4) is 0 Å². The van der Waals surface area contributed by atoms with Crippen LogP contribution >= 0.6 is 11.8 Å². The minimum absolute atomic E-state index is 0.158. The average molecular weight is 264 g/mol. The maximum atomic E-state index is 12.4. The summed E-state index contributed by atoms with van der Waals surface area (Å²) in [6.07, 6.45) is 1.78. The van der Waals surface area contributed by atoms with Crippen LogP contribution in [-0.4, -0.2) is 55.2 Å². The summed E-state index contributed by atoms with van der Waals surface area (Å²) < 4.78 is 26.6. The quantitative estimate of drug-likeness (QED) is 0.789. The fraction of sp³-hybridized carbons (Fsp3) is 1.00. The molecule has 2 atom stereocenters. The van der Waals surface area contributed by atoms with Gasteiger partial charge in [-0.05, 0) is 26.3 Å². The molecule has 6 heteroatoms. The zero-order valence-corrected chi connectivity index (χ0v) is 11.3. The van der Waals surface area contributed by atoms with Crippen molar-refractivity contribution in [2.45, 2.75) is 31.1 Å². The van der Waals surface area contributed by atoms with Crippen molar-refractivity contribution in [2.75, 3.05) is 31.1 Å². The second kappa shape index (κ2) is 5.25. The molecule has 0 radical (unpaired) electrons. The molecule has 4 nitrogen and oxygen atoms in total. The summed E-state index contributed by atoms with van der Waals surface area (Å²) in [4.78, 5) is 0. The molecule has 2 rings (SSSR count). The summed E-state index contributed by atoms with van der Waals surface area (Å²) in [5, 5.41) is 2.98. The number of rotatable bonds is 2. The van der Waals surface area contributed by atoms with Gasteiger partial charge in [0.1, 0.15) is 0 Å². The molecule has 1 N–H and O–H groups in total. The van der Waals surface area contributed by atoms with Crippen LogP contribution in [0.3, 0.4) is 0 Å². The van der Waals surface area contributed by atoms with Crippen molar-refractivity contribution in [1.82, 2.24) is 9.62 Å². The molecule has 2 saturated heterocycles. The first-order valence-electron chi connectivity index (χ1n) is 5.91. The van der Waals surface area contributed by atoms with E-state index in [2.05, 4.69) is 5.32 Å². The lowest BCUT2D eigenvalue weighted by Crippen LogP contribution is -2.51. The molecule has 16 heavy (non-hydrogen) atoms. The highest BCUT2D eigenvalue weighted by molar-refractivity contribution is 7.99. The Morgan fingerprint density at radius 1 is 1.44 bits per heavy atom. The van der Waals surface area contributed by atoms with E-state index < -0.39 is 10.0 Å². The number of hydrogen-bond donors (Lipinski definition) is 1. The summed E-state index contributed by atoms with van der Waals surface area (Å²) in [5.74, 6) is 1.86. The molecular formula is C10H20N2O2S2. The minimum Gasteiger partial charge on any atom is -0.315 e. The van der Waals surface area contributed by atoms with E-state index >= 15 is 0 Å². The van der Waals surface area contributed by atoms with Crippen LogP contribution in [0.1, 0.15) is 19.8 Å². The lowest BCUT2D eigenvalue weighted by molar-refractivity contribution is 0.353. The molecule has 94 valence electrons. The molecule has 0 aromatic rings. The van der Waals surface area contributed by atoms with E-state index in [9.17, 15) is 8.42 Å². The number of nitrogens with one attached hydrogen (secondary N) is 1. The third kappa shape index (κ3) is 2.55. The van der Waals surface area contributed by atoms with E-state index in [4.69, 9.17) is 0 Å². The third-order valence-electron chi connectivity index (χ3n) is 3.31. The second-order valence-corrected chi connectivity index (χ2v) is 7.86. The van der Waals surface area contributed by atoms with E-state index in [0.717, 1.165) is 30.9 Å². The minimum atomic E-state index is -3.08. The number of piperidine rings is 1. The van der Waals surface area contributed by atoms with Crippen LogP contribution < -0.4 is 5.32 Å². The first kappa shape index (κ1) is 12.7. The van der Waals surface area contributed by atoms with Gasteiger partial charge in [-0.15, -0.1) is 0 Å². The molecular weight excluding hydrogens is 244 g/mol. The Morgan fingerprint density at radius 3 is 2.88 bits per heavy atom. The van der Waals surface area contributed by atoms with Crippen LogP contribution in [0.25, 0.3) is 0 Å². The zero-order chi connectivity index (χ0) is 11.6. The topological polar surface area (TPSA) is 49.4 Å². The molecule has 2 unspecified atom stereocenters. The van der Waals surface area contributed by atoms with Crippen molar-refractivity contribution in [3.63, 3.8) is 0 Å². The van der Waals surface area contributed by atoms with Gasteiger partial charge in [0.05, 0.1) is 5.25 Å². The maximum absolute atomic E-state index is 12.4. The fourth-order valence-corrected chi connectivity index (χ4v) is 5.68. The molecule has 2 aliphatic heterocycles. The van der Waals surface area contributed by atoms with Gasteiger partial charge in [0.25, 0.3) is 0 Å². The average Bonchev–Trinajstić information content (AvgIpc) is 2.30.